The molecule has 0 spiro atoms. The van der Waals surface area contributed by atoms with E-state index in [1.54, 1.807) is 17.4 Å². The molecular formula is C32H47ClN6O4. The number of piperazine rings is 1. The number of nitrogens with two attached hydrogens (primary N) is 1. The second-order valence-corrected chi connectivity index (χ2v) is 11.1. The average Bonchev–Trinajstić information content (AvgIpc) is 3.37. The van der Waals surface area contributed by atoms with Gasteiger partial charge in [-0.25, -0.2) is 9.78 Å². The second kappa shape index (κ2) is 17.5. The molecule has 0 bridgehead atoms. The molecule has 2 unspecified atom stereocenters. The Morgan fingerprint density at radius 3 is 2.40 bits per heavy atom. The van der Waals surface area contributed by atoms with Crippen molar-refractivity contribution in [3.8, 4) is 0 Å². The lowest BCUT2D eigenvalue weighted by atomic mass is 9.86. The molecule has 2 aromatic rings. The molecule has 2 heterocycles. The summed E-state index contributed by atoms with van der Waals surface area (Å²) < 4.78 is 12.4. The number of carbonyl (C=O) groups excluding carboxylic acids is 2. The molecule has 2 atom stereocenters. The molecule has 0 aliphatic carbocycles. The van der Waals surface area contributed by atoms with Crippen molar-refractivity contribution < 1.29 is 19.1 Å². The zero-order valence-electron chi connectivity index (χ0n) is 26.3. The Hall–Kier alpha value is -3.60. The van der Waals surface area contributed by atoms with Crippen LogP contribution < -0.4 is 11.1 Å². The third-order valence-electron chi connectivity index (χ3n) is 6.93. The first kappa shape index (κ1) is 35.6. The van der Waals surface area contributed by atoms with E-state index in [9.17, 15) is 9.59 Å². The first-order valence-corrected chi connectivity index (χ1v) is 14.7. The van der Waals surface area contributed by atoms with Crippen molar-refractivity contribution in [1.82, 2.24) is 24.7 Å². The van der Waals surface area contributed by atoms with Gasteiger partial charge >= 0.3 is 6.09 Å². The molecule has 1 saturated heterocycles. The normalized spacial score (nSPS) is 15.3. The van der Waals surface area contributed by atoms with Gasteiger partial charge in [-0.05, 0) is 69.1 Å². The summed E-state index contributed by atoms with van der Waals surface area (Å²) >= 11 is 6.58. The molecule has 43 heavy (non-hydrogen) atoms. The largest absolute Gasteiger partial charge is 0.447 e. The fraction of sp³-hybridized carbons (Fsp3) is 0.469. The summed E-state index contributed by atoms with van der Waals surface area (Å²) in [5.74, 6) is -0.237. The number of amides is 2. The van der Waals surface area contributed by atoms with Gasteiger partial charge in [-0.3, -0.25) is 9.69 Å². The molecule has 1 fully saturated rings. The highest BCUT2D eigenvalue weighted by Crippen LogP contribution is 2.39. The molecule has 3 N–H and O–H groups in total. The summed E-state index contributed by atoms with van der Waals surface area (Å²) in [4.78, 5) is 33.7. The first-order valence-electron chi connectivity index (χ1n) is 14.3. The predicted molar refractivity (Wildman–Crippen MR) is 172 cm³/mol. The van der Waals surface area contributed by atoms with Gasteiger partial charge in [0.05, 0.1) is 30.4 Å². The maximum absolute atomic E-state index is 12.8. The van der Waals surface area contributed by atoms with Crippen molar-refractivity contribution in [3.05, 3.63) is 83.6 Å². The van der Waals surface area contributed by atoms with Gasteiger partial charge < -0.3 is 30.0 Å². The van der Waals surface area contributed by atoms with Crippen LogP contribution in [-0.2, 0) is 21.3 Å². The molecule has 11 heteroatoms. The molecule has 0 radical (unpaired) electrons. The molecule has 1 aliphatic rings. The second-order valence-electron chi connectivity index (χ2n) is 10.7. The van der Waals surface area contributed by atoms with Gasteiger partial charge in [0.1, 0.15) is 6.61 Å². The summed E-state index contributed by atoms with van der Waals surface area (Å²) in [6.07, 6.45) is 7.03. The van der Waals surface area contributed by atoms with Gasteiger partial charge in [0.15, 0.2) is 0 Å². The van der Waals surface area contributed by atoms with Crippen LogP contribution in [0.1, 0.15) is 63.0 Å². The first-order chi connectivity index (χ1) is 20.5. The number of hydrogen-bond acceptors (Lipinski definition) is 7. The lowest BCUT2D eigenvalue weighted by molar-refractivity contribution is -0.125. The zero-order chi connectivity index (χ0) is 32.1. The van der Waals surface area contributed by atoms with E-state index in [1.165, 1.54) is 13.3 Å². The molecule has 1 aliphatic heterocycles. The molecular weight excluding hydrogens is 568 g/mol. The topological polar surface area (TPSA) is 115 Å². The summed E-state index contributed by atoms with van der Waals surface area (Å²) in [5, 5.41) is 3.72. The maximum Gasteiger partial charge on any atom is 0.410 e. The van der Waals surface area contributed by atoms with Crippen LogP contribution >= 0.6 is 11.6 Å². The predicted octanol–water partition coefficient (Wildman–Crippen LogP) is 5.24. The van der Waals surface area contributed by atoms with Crippen LogP contribution in [0.5, 0.6) is 0 Å². The fourth-order valence-corrected chi connectivity index (χ4v) is 5.27. The van der Waals surface area contributed by atoms with E-state index in [0.29, 0.717) is 31.2 Å². The van der Waals surface area contributed by atoms with E-state index in [-0.39, 0.29) is 30.8 Å². The van der Waals surface area contributed by atoms with Crippen molar-refractivity contribution in [2.45, 2.75) is 52.3 Å². The zero-order valence-corrected chi connectivity index (χ0v) is 27.1. The number of carbonyl (C=O) groups is 2. The molecule has 1 aromatic carbocycles. The Morgan fingerprint density at radius 2 is 1.88 bits per heavy atom. The highest BCUT2D eigenvalue weighted by Gasteiger charge is 2.32. The number of allylic oxidation sites excluding steroid dienone is 1. The van der Waals surface area contributed by atoms with Crippen molar-refractivity contribution in [1.29, 1.82) is 0 Å². The minimum atomic E-state index is -0.481. The minimum Gasteiger partial charge on any atom is -0.447 e. The quantitative estimate of drug-likeness (QED) is 0.333. The SMILES string of the molecule is C=C(C)CC(c1ccc(Cl)cc1/C(=C\C)C(NC(=O)COC)c1cncn1C)N1CCN(C(=O)OC(C)C)CC1.C=CN. The third-order valence-corrected chi connectivity index (χ3v) is 7.16. The maximum atomic E-state index is 12.8. The van der Waals surface area contributed by atoms with Gasteiger partial charge in [0, 0.05) is 51.4 Å². The van der Waals surface area contributed by atoms with E-state index in [0.717, 1.165) is 34.4 Å². The minimum absolute atomic E-state index is 0.00940. The van der Waals surface area contributed by atoms with Crippen molar-refractivity contribution in [2.24, 2.45) is 12.8 Å². The number of aromatic nitrogens is 2. The lowest BCUT2D eigenvalue weighted by Gasteiger charge is -2.40. The van der Waals surface area contributed by atoms with Crippen LogP contribution in [0.4, 0.5) is 4.79 Å². The Bertz CT molecular complexity index is 1270. The van der Waals surface area contributed by atoms with E-state index in [1.807, 2.05) is 57.5 Å². The van der Waals surface area contributed by atoms with Crippen LogP contribution in [0, 0.1) is 0 Å². The van der Waals surface area contributed by atoms with Crippen LogP contribution in [-0.4, -0.2) is 77.4 Å². The third kappa shape index (κ3) is 10.3. The van der Waals surface area contributed by atoms with E-state index >= 15 is 0 Å². The highest BCUT2D eigenvalue weighted by molar-refractivity contribution is 6.30. The number of halogens is 1. The van der Waals surface area contributed by atoms with Crippen molar-refractivity contribution >= 4 is 29.2 Å². The Morgan fingerprint density at radius 1 is 1.23 bits per heavy atom. The van der Waals surface area contributed by atoms with Crippen LogP contribution in [0.2, 0.25) is 5.02 Å². The fourth-order valence-electron chi connectivity index (χ4n) is 5.10. The summed E-state index contributed by atoms with van der Waals surface area (Å²) in [6.45, 7) is 17.5. The van der Waals surface area contributed by atoms with Gasteiger partial charge in [-0.2, -0.15) is 0 Å². The highest BCUT2D eigenvalue weighted by atomic mass is 35.5. The van der Waals surface area contributed by atoms with E-state index < -0.39 is 6.04 Å². The van der Waals surface area contributed by atoms with Gasteiger partial charge in [-0.15, -0.1) is 6.58 Å². The number of aryl methyl sites for hydroxylation is 1. The number of methoxy groups -OCH3 is 1. The Balaban J connectivity index is 0.00000206. The van der Waals surface area contributed by atoms with Gasteiger partial charge in [-0.1, -0.05) is 35.9 Å². The number of rotatable bonds is 11. The summed E-state index contributed by atoms with van der Waals surface area (Å²) in [6, 6.07) is 5.43. The van der Waals surface area contributed by atoms with E-state index in [2.05, 4.69) is 40.2 Å². The number of hydrogen-bond donors (Lipinski definition) is 2. The summed E-state index contributed by atoms with van der Waals surface area (Å²) in [5.41, 5.74) is 9.40. The van der Waals surface area contributed by atoms with E-state index in [4.69, 9.17) is 21.1 Å². The number of imidazole rings is 1. The van der Waals surface area contributed by atoms with Crippen molar-refractivity contribution in [3.63, 3.8) is 0 Å². The van der Waals surface area contributed by atoms with Gasteiger partial charge in [0.2, 0.25) is 5.91 Å². The smallest absolute Gasteiger partial charge is 0.410 e. The molecule has 0 saturated carbocycles. The number of nitrogens with zero attached hydrogens (tertiary/aromatic N) is 4. The molecule has 236 valence electrons. The number of benzene rings is 1. The molecule has 10 nitrogen and oxygen atoms in total. The van der Waals surface area contributed by atoms with Gasteiger partial charge in [0.25, 0.3) is 0 Å². The van der Waals surface area contributed by atoms with Crippen LogP contribution in [0.3, 0.4) is 0 Å². The van der Waals surface area contributed by atoms with Crippen LogP contribution in [0.15, 0.2) is 61.7 Å². The molecule has 2 amide bonds. The average molecular weight is 615 g/mol. The Labute approximate surface area is 261 Å². The van der Waals surface area contributed by atoms with Crippen LogP contribution in [0.25, 0.3) is 5.57 Å². The standard InChI is InChI=1S/C30H42ClN5O4.C2H5N/c1-8-23(29(33-28(37)18-39-7)27-17-32-19-34(27)6)25-16-22(31)9-10-24(25)26(15-20(2)3)35-11-13-36(14-12-35)30(38)40-21(4)5;1-2-3/h8-10,16-17,19,21,26,29H,2,11-15,18H2,1,3-7H3,(H,33,37);2H,1,3H2/b23-8+;. The molecule has 1 aromatic heterocycles. The number of ether oxygens (including phenoxy) is 2. The van der Waals surface area contributed by atoms with Crippen molar-refractivity contribution in [2.75, 3.05) is 39.9 Å². The molecule has 3 rings (SSSR count). The Kier molecular flexibility index (Phi) is 14.5. The summed E-state index contributed by atoms with van der Waals surface area (Å²) in [7, 11) is 3.40. The lowest BCUT2D eigenvalue weighted by Crippen LogP contribution is -2.50. The monoisotopic (exact) mass is 614 g/mol. The number of nitrogens with one attached hydrogen (secondary N) is 1.